The number of H-pyrrole nitrogens is 1. The van der Waals surface area contributed by atoms with E-state index in [9.17, 15) is 4.39 Å². The van der Waals surface area contributed by atoms with Crippen LogP contribution in [0.5, 0.6) is 0 Å². The molecule has 0 radical (unpaired) electrons. The van der Waals surface area contributed by atoms with Gasteiger partial charge in [0.2, 0.25) is 0 Å². The van der Waals surface area contributed by atoms with Crippen molar-refractivity contribution in [3.63, 3.8) is 0 Å². The molecule has 2 rings (SSSR count). The third kappa shape index (κ3) is 1.58. The Morgan fingerprint density at radius 2 is 2.21 bits per heavy atom. The maximum atomic E-state index is 12.9. The summed E-state index contributed by atoms with van der Waals surface area (Å²) >= 11 is 10.7. The highest BCUT2D eigenvalue weighted by Gasteiger charge is 2.02. The van der Waals surface area contributed by atoms with E-state index < -0.39 is 5.82 Å². The number of hydrogen-bond acceptors (Lipinski definition) is 1. The Kier molecular flexibility index (Phi) is 2.39. The van der Waals surface area contributed by atoms with Crippen molar-refractivity contribution in [2.24, 2.45) is 0 Å². The Balaban J connectivity index is 2.59. The fraction of sp³-hybridized carbons (Fsp3) is 0. The highest BCUT2D eigenvalue weighted by molar-refractivity contribution is 7.71. The summed E-state index contributed by atoms with van der Waals surface area (Å²) < 4.78 is 15.1. The zero-order valence-corrected chi connectivity index (χ0v) is 8.57. The summed E-state index contributed by atoms with van der Waals surface area (Å²) in [7, 11) is 0. The first kappa shape index (κ1) is 9.43. The number of halogens is 2. The normalized spacial score (nSPS) is 10.4. The number of hydrogen-bond donors (Lipinski definition) is 1. The number of aromatic amines is 1. The van der Waals surface area contributed by atoms with Gasteiger partial charge in [-0.15, -0.1) is 0 Å². The molecule has 1 aromatic heterocycles. The summed E-state index contributed by atoms with van der Waals surface area (Å²) in [6.45, 7) is 0. The number of nitrogens with one attached hydrogen (secondary N) is 1. The topological polar surface area (TPSA) is 20.7 Å². The molecule has 0 unspecified atom stereocenters. The van der Waals surface area contributed by atoms with Gasteiger partial charge in [0.15, 0.2) is 4.77 Å². The zero-order chi connectivity index (χ0) is 10.1. The van der Waals surface area contributed by atoms with Crippen molar-refractivity contribution in [3.8, 4) is 5.69 Å². The van der Waals surface area contributed by atoms with E-state index in [0.29, 0.717) is 4.77 Å². The average Bonchev–Trinajstić information content (AvgIpc) is 2.57. The molecule has 0 bridgehead atoms. The van der Waals surface area contributed by atoms with Gasteiger partial charge in [-0.05, 0) is 30.4 Å². The molecule has 5 heteroatoms. The lowest BCUT2D eigenvalue weighted by Gasteiger charge is -2.02. The number of imidazole rings is 1. The molecular weight excluding hydrogens is 223 g/mol. The SMILES string of the molecule is Fc1ccc(-n2cc[nH]c2=S)cc1Cl. The van der Waals surface area contributed by atoms with Crippen LogP contribution in [-0.2, 0) is 0 Å². The summed E-state index contributed by atoms with van der Waals surface area (Å²) in [6, 6.07) is 4.46. The first-order valence-corrected chi connectivity index (χ1v) is 4.68. The first-order chi connectivity index (χ1) is 6.68. The van der Waals surface area contributed by atoms with Crippen LogP contribution in [0.1, 0.15) is 0 Å². The number of benzene rings is 1. The van der Waals surface area contributed by atoms with Gasteiger partial charge in [0.25, 0.3) is 0 Å². The number of nitrogens with zero attached hydrogens (tertiary/aromatic N) is 1. The highest BCUT2D eigenvalue weighted by Crippen LogP contribution is 2.18. The molecule has 72 valence electrons. The standard InChI is InChI=1S/C9H6ClFN2S/c10-7-5-6(1-2-8(7)11)13-4-3-12-9(13)14/h1-5H,(H,12,14). The maximum absolute atomic E-state index is 12.9. The van der Waals surface area contributed by atoms with Crippen LogP contribution in [0.25, 0.3) is 5.69 Å². The fourth-order valence-electron chi connectivity index (χ4n) is 1.16. The largest absolute Gasteiger partial charge is 0.337 e. The second-order valence-corrected chi connectivity index (χ2v) is 3.53. The summed E-state index contributed by atoms with van der Waals surface area (Å²) in [5, 5.41) is 0.0885. The molecule has 0 aliphatic rings. The quantitative estimate of drug-likeness (QED) is 0.743. The van der Waals surface area contributed by atoms with Gasteiger partial charge in [0.05, 0.1) is 5.02 Å². The Bertz CT molecular complexity index is 518. The Morgan fingerprint density at radius 3 is 2.79 bits per heavy atom. The molecule has 0 saturated heterocycles. The molecule has 0 aliphatic carbocycles. The van der Waals surface area contributed by atoms with Crippen molar-refractivity contribution < 1.29 is 4.39 Å². The minimum Gasteiger partial charge on any atom is -0.337 e. The van der Waals surface area contributed by atoms with Gasteiger partial charge in [-0.2, -0.15) is 0 Å². The van der Waals surface area contributed by atoms with Gasteiger partial charge in [-0.25, -0.2) is 4.39 Å². The molecule has 0 atom stereocenters. The minimum atomic E-state index is -0.433. The molecule has 14 heavy (non-hydrogen) atoms. The van der Waals surface area contributed by atoms with Crippen LogP contribution in [0.15, 0.2) is 30.6 Å². The smallest absolute Gasteiger partial charge is 0.181 e. The van der Waals surface area contributed by atoms with Crippen molar-refractivity contribution in [1.29, 1.82) is 0 Å². The van der Waals surface area contributed by atoms with Gasteiger partial charge in [0, 0.05) is 18.1 Å². The number of rotatable bonds is 1. The van der Waals surface area contributed by atoms with Gasteiger partial charge < -0.3 is 4.98 Å². The average molecular weight is 229 g/mol. The van der Waals surface area contributed by atoms with Crippen molar-refractivity contribution in [2.45, 2.75) is 0 Å². The van der Waals surface area contributed by atoms with Crippen molar-refractivity contribution in [2.75, 3.05) is 0 Å². The van der Waals surface area contributed by atoms with Crippen LogP contribution in [0.2, 0.25) is 5.02 Å². The second kappa shape index (κ2) is 3.55. The highest BCUT2D eigenvalue weighted by atomic mass is 35.5. The summed E-state index contributed by atoms with van der Waals surface area (Å²) in [5.41, 5.74) is 0.739. The van der Waals surface area contributed by atoms with Crippen molar-refractivity contribution in [1.82, 2.24) is 9.55 Å². The Hall–Kier alpha value is -1.13. The molecule has 0 saturated carbocycles. The summed E-state index contributed by atoms with van der Waals surface area (Å²) in [6.07, 6.45) is 3.46. The molecule has 1 aromatic carbocycles. The fourth-order valence-corrected chi connectivity index (χ4v) is 1.57. The lowest BCUT2D eigenvalue weighted by Crippen LogP contribution is -1.92. The molecule has 0 spiro atoms. The second-order valence-electron chi connectivity index (χ2n) is 2.73. The minimum absolute atomic E-state index is 0.0885. The van der Waals surface area contributed by atoms with E-state index in [1.165, 1.54) is 12.1 Å². The first-order valence-electron chi connectivity index (χ1n) is 3.90. The van der Waals surface area contributed by atoms with Crippen LogP contribution < -0.4 is 0 Å². The summed E-state index contributed by atoms with van der Waals surface area (Å²) in [5.74, 6) is -0.433. The summed E-state index contributed by atoms with van der Waals surface area (Å²) in [4.78, 5) is 2.84. The van der Waals surface area contributed by atoms with Gasteiger partial charge in [-0.1, -0.05) is 11.6 Å². The van der Waals surface area contributed by atoms with Crippen LogP contribution in [-0.4, -0.2) is 9.55 Å². The van der Waals surface area contributed by atoms with Gasteiger partial charge in [-0.3, -0.25) is 4.57 Å². The third-order valence-corrected chi connectivity index (χ3v) is 2.43. The van der Waals surface area contributed by atoms with E-state index in [1.54, 1.807) is 23.0 Å². The van der Waals surface area contributed by atoms with E-state index in [4.69, 9.17) is 23.8 Å². The monoisotopic (exact) mass is 228 g/mol. The van der Waals surface area contributed by atoms with Crippen molar-refractivity contribution in [3.05, 3.63) is 46.2 Å². The predicted octanol–water partition coefficient (Wildman–Crippen LogP) is 3.33. The van der Waals surface area contributed by atoms with Crippen LogP contribution in [0.3, 0.4) is 0 Å². The van der Waals surface area contributed by atoms with E-state index in [0.717, 1.165) is 5.69 Å². The molecular formula is C9H6ClFN2S. The Morgan fingerprint density at radius 1 is 1.43 bits per heavy atom. The van der Waals surface area contributed by atoms with E-state index in [-0.39, 0.29) is 5.02 Å². The molecule has 1 heterocycles. The molecule has 0 fully saturated rings. The van der Waals surface area contributed by atoms with Crippen LogP contribution in [0, 0.1) is 10.6 Å². The van der Waals surface area contributed by atoms with Crippen LogP contribution >= 0.6 is 23.8 Å². The van der Waals surface area contributed by atoms with E-state index in [2.05, 4.69) is 4.98 Å². The predicted molar refractivity (Wildman–Crippen MR) is 55.9 cm³/mol. The number of aromatic nitrogens is 2. The van der Waals surface area contributed by atoms with Crippen LogP contribution in [0.4, 0.5) is 4.39 Å². The van der Waals surface area contributed by atoms with Crippen molar-refractivity contribution >= 4 is 23.8 Å². The van der Waals surface area contributed by atoms with Gasteiger partial charge >= 0.3 is 0 Å². The molecule has 0 aliphatic heterocycles. The molecule has 2 aromatic rings. The lowest BCUT2D eigenvalue weighted by molar-refractivity contribution is 0.628. The van der Waals surface area contributed by atoms with Gasteiger partial charge in [0.1, 0.15) is 5.82 Å². The molecule has 1 N–H and O–H groups in total. The van der Waals surface area contributed by atoms with E-state index >= 15 is 0 Å². The molecule has 2 nitrogen and oxygen atoms in total. The van der Waals surface area contributed by atoms with E-state index in [1.807, 2.05) is 0 Å². The zero-order valence-electron chi connectivity index (χ0n) is 7.00. The lowest BCUT2D eigenvalue weighted by atomic mass is 10.3. The molecule has 0 amide bonds. The Labute approximate surface area is 90.0 Å². The third-order valence-electron chi connectivity index (χ3n) is 1.83. The maximum Gasteiger partial charge on any atom is 0.181 e.